The van der Waals surface area contributed by atoms with Gasteiger partial charge in [-0.3, -0.25) is 4.79 Å². The molecule has 1 rings (SSSR count). The molecule has 1 unspecified atom stereocenters. The fraction of sp³-hybridized carbons (Fsp3) is 0.438. The van der Waals surface area contributed by atoms with Crippen molar-refractivity contribution >= 4 is 5.78 Å². The molecular formula is C16H23NO3. The number of hydrogen-bond donors (Lipinski definition) is 2. The van der Waals surface area contributed by atoms with Crippen molar-refractivity contribution in [2.24, 2.45) is 0 Å². The molecular weight excluding hydrogens is 254 g/mol. The Morgan fingerprint density at radius 3 is 2.60 bits per heavy atom. The predicted octanol–water partition coefficient (Wildman–Crippen LogP) is 2.18. The molecule has 4 nitrogen and oxygen atoms in total. The molecule has 0 aliphatic rings. The summed E-state index contributed by atoms with van der Waals surface area (Å²) in [5.74, 6) is 0.764. The van der Waals surface area contributed by atoms with Crippen LogP contribution in [0.5, 0.6) is 5.75 Å². The van der Waals surface area contributed by atoms with E-state index in [9.17, 15) is 4.79 Å². The summed E-state index contributed by atoms with van der Waals surface area (Å²) in [4.78, 5) is 12.1. The highest BCUT2D eigenvalue weighted by Crippen LogP contribution is 2.14. The van der Waals surface area contributed by atoms with Gasteiger partial charge < -0.3 is 15.2 Å². The van der Waals surface area contributed by atoms with E-state index in [-0.39, 0.29) is 18.4 Å². The van der Waals surface area contributed by atoms with Crippen molar-refractivity contribution in [3.8, 4) is 5.75 Å². The number of rotatable bonds is 9. The Morgan fingerprint density at radius 1 is 1.40 bits per heavy atom. The number of aliphatic hydroxyl groups excluding tert-OH is 1. The number of carbonyl (C=O) groups excluding carboxylic acids is 1. The lowest BCUT2D eigenvalue weighted by Crippen LogP contribution is -2.34. The summed E-state index contributed by atoms with van der Waals surface area (Å²) in [5.41, 5.74) is 1.60. The van der Waals surface area contributed by atoms with E-state index in [1.807, 2.05) is 13.8 Å². The lowest BCUT2D eigenvalue weighted by Gasteiger charge is -2.13. The summed E-state index contributed by atoms with van der Waals surface area (Å²) >= 11 is 0. The van der Waals surface area contributed by atoms with Gasteiger partial charge >= 0.3 is 0 Å². The summed E-state index contributed by atoms with van der Waals surface area (Å²) in [5, 5.41) is 11.8. The van der Waals surface area contributed by atoms with Crippen molar-refractivity contribution in [1.82, 2.24) is 5.32 Å². The molecule has 0 amide bonds. The van der Waals surface area contributed by atoms with Crippen LogP contribution in [-0.4, -0.2) is 36.7 Å². The highest BCUT2D eigenvalue weighted by Gasteiger charge is 2.14. The first-order chi connectivity index (χ1) is 9.54. The van der Waals surface area contributed by atoms with Gasteiger partial charge in [0.05, 0.1) is 6.04 Å². The fourth-order valence-corrected chi connectivity index (χ4v) is 1.66. The van der Waals surface area contributed by atoms with Gasteiger partial charge in [-0.05, 0) is 56.7 Å². The second-order valence-corrected chi connectivity index (χ2v) is 4.89. The maximum Gasteiger partial charge on any atom is 0.179 e. The second-order valence-electron chi connectivity index (χ2n) is 4.89. The van der Waals surface area contributed by atoms with Crippen LogP contribution in [-0.2, 0) is 0 Å². The molecule has 4 heteroatoms. The molecule has 2 N–H and O–H groups in total. The van der Waals surface area contributed by atoms with Crippen molar-refractivity contribution < 1.29 is 14.6 Å². The quantitative estimate of drug-likeness (QED) is 0.413. The van der Waals surface area contributed by atoms with Gasteiger partial charge in [-0.25, -0.2) is 0 Å². The SMILES string of the molecule is C=C(C)COc1ccc(C(=O)C(C)NCCCO)cc1. The van der Waals surface area contributed by atoms with E-state index in [1.54, 1.807) is 24.3 Å². The van der Waals surface area contributed by atoms with E-state index in [2.05, 4.69) is 11.9 Å². The van der Waals surface area contributed by atoms with Gasteiger partial charge in [-0.2, -0.15) is 0 Å². The molecule has 0 saturated heterocycles. The summed E-state index contributed by atoms with van der Waals surface area (Å²) in [6.07, 6.45) is 0.644. The Bertz CT molecular complexity index is 440. The third-order valence-electron chi connectivity index (χ3n) is 2.80. The van der Waals surface area contributed by atoms with Crippen molar-refractivity contribution in [2.45, 2.75) is 26.3 Å². The van der Waals surface area contributed by atoms with Crippen LogP contribution in [0.15, 0.2) is 36.4 Å². The molecule has 0 fully saturated rings. The minimum absolute atomic E-state index is 0.0365. The number of ketones is 1. The van der Waals surface area contributed by atoms with Gasteiger partial charge in [-0.15, -0.1) is 0 Å². The molecule has 1 aromatic rings. The Balaban J connectivity index is 2.54. The Kier molecular flexibility index (Phi) is 6.98. The molecule has 0 heterocycles. The smallest absolute Gasteiger partial charge is 0.179 e. The number of hydrogen-bond acceptors (Lipinski definition) is 4. The molecule has 1 atom stereocenters. The first kappa shape index (κ1) is 16.4. The standard InChI is InChI=1S/C16H23NO3/c1-12(2)11-20-15-7-5-14(6-8-15)16(19)13(3)17-9-4-10-18/h5-8,13,17-18H,1,4,9-11H2,2-3H3. The normalized spacial score (nSPS) is 11.9. The van der Waals surface area contributed by atoms with Crippen molar-refractivity contribution in [1.29, 1.82) is 0 Å². The van der Waals surface area contributed by atoms with Gasteiger partial charge in [0.15, 0.2) is 5.78 Å². The first-order valence-electron chi connectivity index (χ1n) is 6.80. The highest BCUT2D eigenvalue weighted by atomic mass is 16.5. The maximum atomic E-state index is 12.1. The summed E-state index contributed by atoms with van der Waals surface area (Å²) < 4.78 is 5.49. The lowest BCUT2D eigenvalue weighted by molar-refractivity contribution is 0.0950. The summed E-state index contributed by atoms with van der Waals surface area (Å²) in [6, 6.07) is 6.84. The van der Waals surface area contributed by atoms with Crippen LogP contribution in [0, 0.1) is 0 Å². The Morgan fingerprint density at radius 2 is 2.05 bits per heavy atom. The van der Waals surface area contributed by atoms with Crippen LogP contribution < -0.4 is 10.1 Å². The minimum Gasteiger partial charge on any atom is -0.489 e. The molecule has 0 bridgehead atoms. The van der Waals surface area contributed by atoms with E-state index < -0.39 is 0 Å². The van der Waals surface area contributed by atoms with Crippen molar-refractivity contribution in [3.05, 3.63) is 42.0 Å². The van der Waals surface area contributed by atoms with Crippen LogP contribution in [0.2, 0.25) is 0 Å². The Hall–Kier alpha value is -1.65. The van der Waals surface area contributed by atoms with Crippen LogP contribution in [0.1, 0.15) is 30.6 Å². The van der Waals surface area contributed by atoms with Gasteiger partial charge in [0.2, 0.25) is 0 Å². The van der Waals surface area contributed by atoms with E-state index in [0.29, 0.717) is 25.1 Å². The topological polar surface area (TPSA) is 58.6 Å². The first-order valence-corrected chi connectivity index (χ1v) is 6.80. The fourth-order valence-electron chi connectivity index (χ4n) is 1.66. The van der Waals surface area contributed by atoms with E-state index >= 15 is 0 Å². The van der Waals surface area contributed by atoms with Crippen LogP contribution in [0.3, 0.4) is 0 Å². The predicted molar refractivity (Wildman–Crippen MR) is 80.2 cm³/mol. The molecule has 0 radical (unpaired) electrons. The molecule has 110 valence electrons. The molecule has 0 aromatic heterocycles. The summed E-state index contributed by atoms with van der Waals surface area (Å²) in [7, 11) is 0. The number of aliphatic hydroxyl groups is 1. The zero-order valence-electron chi connectivity index (χ0n) is 12.2. The number of Topliss-reactive ketones (excluding diaryl/α,β-unsaturated/α-hetero) is 1. The van der Waals surface area contributed by atoms with E-state index in [4.69, 9.17) is 9.84 Å². The number of carbonyl (C=O) groups is 1. The van der Waals surface area contributed by atoms with Gasteiger partial charge in [0.25, 0.3) is 0 Å². The average molecular weight is 277 g/mol. The van der Waals surface area contributed by atoms with Gasteiger partial charge in [0, 0.05) is 12.2 Å². The molecule has 0 aliphatic carbocycles. The molecule has 0 aliphatic heterocycles. The number of nitrogens with one attached hydrogen (secondary N) is 1. The highest BCUT2D eigenvalue weighted by molar-refractivity contribution is 5.99. The zero-order chi connectivity index (χ0) is 15.0. The van der Waals surface area contributed by atoms with Crippen LogP contribution in [0.4, 0.5) is 0 Å². The summed E-state index contributed by atoms with van der Waals surface area (Å²) in [6.45, 7) is 8.73. The molecule has 1 aromatic carbocycles. The average Bonchev–Trinajstić information content (AvgIpc) is 2.45. The van der Waals surface area contributed by atoms with E-state index in [1.165, 1.54) is 0 Å². The Labute approximate surface area is 120 Å². The van der Waals surface area contributed by atoms with Gasteiger partial charge in [-0.1, -0.05) is 6.58 Å². The minimum atomic E-state index is -0.260. The van der Waals surface area contributed by atoms with E-state index in [0.717, 1.165) is 11.3 Å². The zero-order valence-corrected chi connectivity index (χ0v) is 12.2. The monoisotopic (exact) mass is 277 g/mol. The lowest BCUT2D eigenvalue weighted by atomic mass is 10.1. The third kappa shape index (κ3) is 5.55. The van der Waals surface area contributed by atoms with Crippen molar-refractivity contribution in [3.63, 3.8) is 0 Å². The van der Waals surface area contributed by atoms with Crippen LogP contribution >= 0.6 is 0 Å². The molecule has 0 saturated carbocycles. The van der Waals surface area contributed by atoms with Gasteiger partial charge in [0.1, 0.15) is 12.4 Å². The molecule has 0 spiro atoms. The second kappa shape index (κ2) is 8.51. The molecule has 20 heavy (non-hydrogen) atoms. The largest absolute Gasteiger partial charge is 0.489 e. The third-order valence-corrected chi connectivity index (χ3v) is 2.80. The van der Waals surface area contributed by atoms with Crippen molar-refractivity contribution in [2.75, 3.05) is 19.8 Å². The number of ether oxygens (including phenoxy) is 1. The maximum absolute atomic E-state index is 12.1. The van der Waals surface area contributed by atoms with Crippen LogP contribution in [0.25, 0.3) is 0 Å². The number of benzene rings is 1.